The van der Waals surface area contributed by atoms with Crippen LogP contribution in [0.25, 0.3) is 0 Å². The third-order valence-electron chi connectivity index (χ3n) is 6.06. The number of benzene rings is 1. The Balaban J connectivity index is 0.00000240. The molecular formula is C22H35IN4O2. The molecule has 3 saturated heterocycles. The zero-order chi connectivity index (χ0) is 19.2. The number of likely N-dealkylation sites (tertiary alicyclic amines) is 1. The first-order valence-corrected chi connectivity index (χ1v) is 10.8. The van der Waals surface area contributed by atoms with E-state index in [1.165, 1.54) is 37.1 Å². The maximum atomic E-state index is 5.96. The first-order valence-electron chi connectivity index (χ1n) is 10.8. The number of rotatable bonds is 5. The van der Waals surface area contributed by atoms with E-state index in [0.717, 1.165) is 58.2 Å². The number of guanidine groups is 1. The highest BCUT2D eigenvalue weighted by Crippen LogP contribution is 2.21. The predicted octanol–water partition coefficient (Wildman–Crippen LogP) is 2.86. The van der Waals surface area contributed by atoms with E-state index >= 15 is 0 Å². The Bertz CT molecular complexity index is 643. The fourth-order valence-electron chi connectivity index (χ4n) is 4.46. The summed E-state index contributed by atoms with van der Waals surface area (Å²) in [5.41, 5.74) is 2.69. The third-order valence-corrected chi connectivity index (χ3v) is 6.06. The summed E-state index contributed by atoms with van der Waals surface area (Å²) in [6.07, 6.45) is 5.33. The van der Waals surface area contributed by atoms with Gasteiger partial charge in [0.1, 0.15) is 6.10 Å². The maximum absolute atomic E-state index is 5.96. The van der Waals surface area contributed by atoms with Crippen LogP contribution in [0.15, 0.2) is 29.3 Å². The number of nitrogens with zero attached hydrogens (tertiary/aromatic N) is 3. The molecule has 0 amide bonds. The van der Waals surface area contributed by atoms with Crippen molar-refractivity contribution in [1.82, 2.24) is 15.1 Å². The van der Waals surface area contributed by atoms with E-state index in [1.54, 1.807) is 0 Å². The van der Waals surface area contributed by atoms with Crippen LogP contribution in [-0.4, -0.2) is 74.4 Å². The molecule has 0 aromatic heterocycles. The maximum Gasteiger partial charge on any atom is 0.194 e. The van der Waals surface area contributed by atoms with Crippen LogP contribution in [0.5, 0.6) is 0 Å². The fraction of sp³-hybridized carbons (Fsp3) is 0.682. The number of nitrogens with one attached hydrogen (secondary N) is 1. The van der Waals surface area contributed by atoms with Crippen LogP contribution in [0.3, 0.4) is 0 Å². The summed E-state index contributed by atoms with van der Waals surface area (Å²) in [6, 6.07) is 9.00. The number of ether oxygens (including phenoxy) is 2. The van der Waals surface area contributed by atoms with Gasteiger partial charge in [0.05, 0.1) is 12.7 Å². The summed E-state index contributed by atoms with van der Waals surface area (Å²) < 4.78 is 11.8. The lowest BCUT2D eigenvalue weighted by Crippen LogP contribution is -2.53. The Morgan fingerprint density at radius 2 is 1.72 bits per heavy atom. The molecule has 0 spiro atoms. The van der Waals surface area contributed by atoms with Gasteiger partial charge in [-0.05, 0) is 49.9 Å². The molecule has 162 valence electrons. The minimum absolute atomic E-state index is 0. The summed E-state index contributed by atoms with van der Waals surface area (Å²) in [7, 11) is 1.86. The molecule has 1 aromatic rings. The monoisotopic (exact) mass is 514 g/mol. The third kappa shape index (κ3) is 6.29. The summed E-state index contributed by atoms with van der Waals surface area (Å²) in [5.74, 6) is 0.951. The minimum Gasteiger partial charge on any atom is -0.375 e. The summed E-state index contributed by atoms with van der Waals surface area (Å²) in [5, 5.41) is 3.53. The lowest BCUT2D eigenvalue weighted by Gasteiger charge is -2.37. The molecule has 0 bridgehead atoms. The van der Waals surface area contributed by atoms with Gasteiger partial charge in [0.15, 0.2) is 5.96 Å². The van der Waals surface area contributed by atoms with Crippen molar-refractivity contribution in [3.05, 3.63) is 35.4 Å². The van der Waals surface area contributed by atoms with Crippen LogP contribution in [0.2, 0.25) is 0 Å². The van der Waals surface area contributed by atoms with Gasteiger partial charge >= 0.3 is 0 Å². The SMILES string of the molecule is CN=C(NCc1ccc(CN2CCCC2)cc1)N1CCOC(C2CCCO2)C1.I. The highest BCUT2D eigenvalue weighted by Gasteiger charge is 2.32. The zero-order valence-corrected chi connectivity index (χ0v) is 19.8. The van der Waals surface area contributed by atoms with E-state index in [1.807, 2.05) is 7.05 Å². The number of morpholine rings is 1. The smallest absolute Gasteiger partial charge is 0.194 e. The Kier molecular flexibility index (Phi) is 9.02. The van der Waals surface area contributed by atoms with E-state index < -0.39 is 0 Å². The molecular weight excluding hydrogens is 479 g/mol. The second-order valence-corrected chi connectivity index (χ2v) is 8.11. The largest absolute Gasteiger partial charge is 0.375 e. The topological polar surface area (TPSA) is 49.3 Å². The van der Waals surface area contributed by atoms with Gasteiger partial charge in [-0.2, -0.15) is 0 Å². The predicted molar refractivity (Wildman–Crippen MR) is 127 cm³/mol. The van der Waals surface area contributed by atoms with Gasteiger partial charge in [0, 0.05) is 39.8 Å². The van der Waals surface area contributed by atoms with Crippen molar-refractivity contribution in [1.29, 1.82) is 0 Å². The molecule has 0 radical (unpaired) electrons. The van der Waals surface area contributed by atoms with Crippen molar-refractivity contribution in [2.45, 2.75) is 51.0 Å². The molecule has 3 heterocycles. The van der Waals surface area contributed by atoms with Crippen LogP contribution in [0, 0.1) is 0 Å². The number of hydrogen-bond donors (Lipinski definition) is 1. The molecule has 6 nitrogen and oxygen atoms in total. The Morgan fingerprint density at radius 3 is 2.41 bits per heavy atom. The van der Waals surface area contributed by atoms with Crippen LogP contribution in [0.4, 0.5) is 0 Å². The molecule has 2 atom stereocenters. The van der Waals surface area contributed by atoms with E-state index in [0.29, 0.717) is 0 Å². The van der Waals surface area contributed by atoms with Gasteiger partial charge in [-0.1, -0.05) is 24.3 Å². The number of aliphatic imine (C=N–C) groups is 1. The van der Waals surface area contributed by atoms with E-state index in [4.69, 9.17) is 9.47 Å². The Hall–Kier alpha value is -0.900. The average molecular weight is 514 g/mol. The molecule has 2 unspecified atom stereocenters. The molecule has 29 heavy (non-hydrogen) atoms. The van der Waals surface area contributed by atoms with Crippen molar-refractivity contribution >= 4 is 29.9 Å². The Morgan fingerprint density at radius 1 is 1.00 bits per heavy atom. The molecule has 3 aliphatic heterocycles. The van der Waals surface area contributed by atoms with E-state index in [2.05, 4.69) is 44.4 Å². The number of hydrogen-bond acceptors (Lipinski definition) is 4. The molecule has 0 saturated carbocycles. The zero-order valence-electron chi connectivity index (χ0n) is 17.5. The lowest BCUT2D eigenvalue weighted by molar-refractivity contribution is -0.0817. The van der Waals surface area contributed by atoms with Gasteiger partial charge in [-0.15, -0.1) is 24.0 Å². The highest BCUT2D eigenvalue weighted by atomic mass is 127. The Labute approximate surface area is 192 Å². The molecule has 1 aromatic carbocycles. The summed E-state index contributed by atoms with van der Waals surface area (Å²) >= 11 is 0. The van der Waals surface area contributed by atoms with Crippen molar-refractivity contribution in [3.8, 4) is 0 Å². The van der Waals surface area contributed by atoms with Gasteiger partial charge in [0.2, 0.25) is 0 Å². The first-order chi connectivity index (χ1) is 13.8. The second kappa shape index (κ2) is 11.5. The minimum atomic E-state index is 0. The van der Waals surface area contributed by atoms with Crippen molar-refractivity contribution in [3.63, 3.8) is 0 Å². The fourth-order valence-corrected chi connectivity index (χ4v) is 4.46. The molecule has 7 heteroatoms. The second-order valence-electron chi connectivity index (χ2n) is 8.11. The molecule has 4 rings (SSSR count). The summed E-state index contributed by atoms with van der Waals surface area (Å²) in [6.45, 7) is 7.67. The molecule has 0 aliphatic carbocycles. The van der Waals surface area contributed by atoms with Crippen molar-refractivity contribution in [2.75, 3.05) is 46.4 Å². The average Bonchev–Trinajstić information content (AvgIpc) is 3.44. The highest BCUT2D eigenvalue weighted by molar-refractivity contribution is 14.0. The lowest BCUT2D eigenvalue weighted by atomic mass is 10.1. The van der Waals surface area contributed by atoms with E-state index in [-0.39, 0.29) is 36.2 Å². The molecule has 3 fully saturated rings. The van der Waals surface area contributed by atoms with Gasteiger partial charge in [-0.3, -0.25) is 9.89 Å². The van der Waals surface area contributed by atoms with Crippen LogP contribution < -0.4 is 5.32 Å². The van der Waals surface area contributed by atoms with Crippen LogP contribution in [0.1, 0.15) is 36.8 Å². The molecule has 1 N–H and O–H groups in total. The standard InChI is InChI=1S/C22H34N4O2.HI/c1-23-22(26-12-14-28-21(17-26)20-5-4-13-27-20)24-15-18-6-8-19(9-7-18)16-25-10-2-3-11-25;/h6-9,20-21H,2-5,10-17H2,1H3,(H,23,24);1H. The van der Waals surface area contributed by atoms with Crippen LogP contribution >= 0.6 is 24.0 Å². The van der Waals surface area contributed by atoms with Crippen molar-refractivity contribution in [2.24, 2.45) is 4.99 Å². The quantitative estimate of drug-likeness (QED) is 0.372. The summed E-state index contributed by atoms with van der Waals surface area (Å²) in [4.78, 5) is 9.35. The normalized spacial score (nSPS) is 25.8. The van der Waals surface area contributed by atoms with Gasteiger partial charge < -0.3 is 19.7 Å². The van der Waals surface area contributed by atoms with Crippen LogP contribution in [-0.2, 0) is 22.6 Å². The van der Waals surface area contributed by atoms with Gasteiger partial charge in [-0.25, -0.2) is 0 Å². The number of halogens is 1. The first kappa shape index (κ1) is 22.8. The van der Waals surface area contributed by atoms with Gasteiger partial charge in [0.25, 0.3) is 0 Å². The van der Waals surface area contributed by atoms with E-state index in [9.17, 15) is 0 Å². The van der Waals surface area contributed by atoms with Crippen molar-refractivity contribution < 1.29 is 9.47 Å². The molecule has 3 aliphatic rings.